The van der Waals surface area contributed by atoms with Gasteiger partial charge in [0, 0.05) is 63.1 Å². The number of hydrogen-bond acceptors (Lipinski definition) is 12. The molecule has 4 aromatic heterocycles. The van der Waals surface area contributed by atoms with E-state index in [9.17, 15) is 14.0 Å². The number of aromatic nitrogens is 8. The number of fused-ring (bicyclic) bond motifs is 8. The van der Waals surface area contributed by atoms with Gasteiger partial charge in [0.25, 0.3) is 5.91 Å². The van der Waals surface area contributed by atoms with Crippen molar-refractivity contribution in [2.45, 2.75) is 76.4 Å². The second-order valence-corrected chi connectivity index (χ2v) is 16.5. The van der Waals surface area contributed by atoms with Crippen molar-refractivity contribution >= 4 is 45.6 Å². The van der Waals surface area contributed by atoms with Crippen molar-refractivity contribution in [2.24, 2.45) is 0 Å². The highest BCUT2D eigenvalue weighted by Crippen LogP contribution is 2.41. The molecule has 11 rings (SSSR count). The fraction of sp³-hybridized carbons (Fsp3) is 0.395. The van der Waals surface area contributed by atoms with Crippen molar-refractivity contribution in [3.8, 4) is 23.0 Å². The van der Waals surface area contributed by atoms with Crippen LogP contribution >= 0.6 is 0 Å². The minimum Gasteiger partial charge on any atom is -0.458 e. The van der Waals surface area contributed by atoms with Crippen molar-refractivity contribution in [3.63, 3.8) is 0 Å². The van der Waals surface area contributed by atoms with Gasteiger partial charge in [-0.05, 0) is 57.4 Å². The SMILES string of the molecule is CCO[C@H]1CN(C)C(=O)[C@@H]2C[C@@H](CN2c2nc(N3C4=CC[C@H]3CN(C3CC3)C4=O)nc3c2cnn3-c2ccc(F)cc2F)Oc2nccc(n2)-c2cc(F)cc3nc(C)n(c23)C1. The molecule has 6 bridgehead atoms. The van der Waals surface area contributed by atoms with E-state index in [0.29, 0.717) is 71.1 Å². The Kier molecular flexibility index (Phi) is 8.95. The number of ether oxygens (including phenoxy) is 2. The first-order valence-electron chi connectivity index (χ1n) is 20.8. The molecule has 2 saturated heterocycles. The molecule has 318 valence electrons. The number of anilines is 2. The van der Waals surface area contributed by atoms with Crippen LogP contribution < -0.4 is 14.5 Å². The molecular formula is C43H41F3N12O4. The van der Waals surface area contributed by atoms with E-state index in [1.165, 1.54) is 29.1 Å². The summed E-state index contributed by atoms with van der Waals surface area (Å²) in [4.78, 5) is 60.0. The molecule has 1 saturated carbocycles. The Morgan fingerprint density at radius 2 is 1.77 bits per heavy atom. The third kappa shape index (κ3) is 6.30. The lowest BCUT2D eigenvalue weighted by atomic mass is 10.1. The lowest BCUT2D eigenvalue weighted by Crippen LogP contribution is -2.53. The van der Waals surface area contributed by atoms with Gasteiger partial charge in [-0.2, -0.15) is 20.1 Å². The maximum Gasteiger partial charge on any atom is 0.317 e. The number of imidazole rings is 1. The lowest BCUT2D eigenvalue weighted by molar-refractivity contribution is -0.133. The summed E-state index contributed by atoms with van der Waals surface area (Å²) in [6, 6.07) is 6.92. The Hall–Kier alpha value is -6.63. The summed E-state index contributed by atoms with van der Waals surface area (Å²) < 4.78 is 60.9. The smallest absolute Gasteiger partial charge is 0.317 e. The van der Waals surface area contributed by atoms with Crippen LogP contribution in [-0.4, -0.2) is 125 Å². The van der Waals surface area contributed by atoms with Crippen LogP contribution in [0.3, 0.4) is 0 Å². The van der Waals surface area contributed by atoms with Crippen LogP contribution in [0.15, 0.2) is 60.6 Å². The molecule has 8 heterocycles. The first-order valence-corrected chi connectivity index (χ1v) is 20.8. The summed E-state index contributed by atoms with van der Waals surface area (Å²) in [6.07, 6.45) is 6.51. The molecule has 0 spiro atoms. The molecule has 4 aliphatic heterocycles. The third-order valence-electron chi connectivity index (χ3n) is 12.5. The molecule has 0 N–H and O–H groups in total. The Morgan fingerprint density at radius 1 is 0.919 bits per heavy atom. The summed E-state index contributed by atoms with van der Waals surface area (Å²) in [5.74, 6) is -1.31. The van der Waals surface area contributed by atoms with Gasteiger partial charge in [-0.1, -0.05) is 6.08 Å². The second kappa shape index (κ2) is 14.5. The van der Waals surface area contributed by atoms with Crippen LogP contribution in [0, 0.1) is 24.4 Å². The van der Waals surface area contributed by atoms with Crippen molar-refractivity contribution < 1.29 is 32.2 Å². The predicted octanol–water partition coefficient (Wildman–Crippen LogP) is 4.72. The highest BCUT2D eigenvalue weighted by Gasteiger charge is 2.47. The van der Waals surface area contributed by atoms with Crippen LogP contribution in [0.1, 0.15) is 38.4 Å². The van der Waals surface area contributed by atoms with Gasteiger partial charge in [0.1, 0.15) is 46.8 Å². The maximum atomic E-state index is 15.5. The van der Waals surface area contributed by atoms with E-state index in [0.717, 1.165) is 25.0 Å². The van der Waals surface area contributed by atoms with Crippen molar-refractivity contribution in [2.75, 3.05) is 43.1 Å². The molecule has 0 radical (unpaired) electrons. The quantitative estimate of drug-likeness (QED) is 0.228. The number of benzene rings is 2. The van der Waals surface area contributed by atoms with E-state index in [1.54, 1.807) is 24.2 Å². The van der Waals surface area contributed by atoms with E-state index in [1.807, 2.05) is 39.2 Å². The molecule has 1 aliphatic carbocycles. The molecule has 2 aromatic carbocycles. The zero-order valence-electron chi connectivity index (χ0n) is 34.1. The normalized spacial score (nSPS) is 22.7. The van der Waals surface area contributed by atoms with E-state index < -0.39 is 35.7 Å². The molecule has 3 fully saturated rings. The molecule has 5 aliphatic rings. The number of carbonyl (C=O) groups is 2. The van der Waals surface area contributed by atoms with Gasteiger partial charge in [-0.3, -0.25) is 9.59 Å². The summed E-state index contributed by atoms with van der Waals surface area (Å²) in [7, 11) is 1.72. The number of rotatable bonds is 6. The molecule has 2 amide bonds. The van der Waals surface area contributed by atoms with Crippen molar-refractivity contribution in [3.05, 3.63) is 83.8 Å². The zero-order chi connectivity index (χ0) is 42.6. The van der Waals surface area contributed by atoms with Crippen molar-refractivity contribution in [1.82, 2.24) is 49.1 Å². The number of likely N-dealkylation sites (N-methyl/N-ethyl adjacent to an activating group) is 1. The van der Waals surface area contributed by atoms with Gasteiger partial charge in [0.15, 0.2) is 11.5 Å². The topological polar surface area (TPSA) is 153 Å². The number of amides is 2. The van der Waals surface area contributed by atoms with E-state index in [-0.39, 0.29) is 66.7 Å². The van der Waals surface area contributed by atoms with Gasteiger partial charge < -0.3 is 33.6 Å². The van der Waals surface area contributed by atoms with Gasteiger partial charge in [0.2, 0.25) is 11.9 Å². The summed E-state index contributed by atoms with van der Waals surface area (Å²) in [5.41, 5.74) is 2.65. The molecule has 19 heteroatoms. The number of carbonyl (C=O) groups excluding carboxylic acids is 2. The van der Waals surface area contributed by atoms with Gasteiger partial charge in [-0.25, -0.2) is 27.8 Å². The van der Waals surface area contributed by atoms with Crippen molar-refractivity contribution in [1.29, 1.82) is 0 Å². The molecule has 16 nitrogen and oxygen atoms in total. The first-order chi connectivity index (χ1) is 30.0. The third-order valence-corrected chi connectivity index (χ3v) is 12.5. The van der Waals surface area contributed by atoms with Gasteiger partial charge in [0.05, 0.1) is 53.5 Å². The number of nitrogens with zero attached hydrogens (tertiary/aromatic N) is 12. The Morgan fingerprint density at radius 3 is 2.58 bits per heavy atom. The Bertz CT molecular complexity index is 2860. The first kappa shape index (κ1) is 38.3. The number of aryl methyl sites for hydroxylation is 1. The van der Waals surface area contributed by atoms with E-state index in [4.69, 9.17) is 24.4 Å². The van der Waals surface area contributed by atoms with E-state index in [2.05, 4.69) is 15.1 Å². The Balaban J connectivity index is 1.05. The van der Waals surface area contributed by atoms with Gasteiger partial charge in [-0.15, -0.1) is 0 Å². The van der Waals surface area contributed by atoms with E-state index >= 15 is 8.78 Å². The average molecular weight is 847 g/mol. The minimum absolute atomic E-state index is 0.0276. The lowest BCUT2D eigenvalue weighted by Gasteiger charge is -2.39. The van der Waals surface area contributed by atoms with Crippen LogP contribution in [0.4, 0.5) is 24.9 Å². The largest absolute Gasteiger partial charge is 0.458 e. The Labute approximate surface area is 352 Å². The second-order valence-electron chi connectivity index (χ2n) is 16.5. The number of piperazine rings is 1. The summed E-state index contributed by atoms with van der Waals surface area (Å²) in [6.45, 7) is 5.21. The number of hydrogen-bond donors (Lipinski definition) is 0. The number of halogens is 3. The van der Waals surface area contributed by atoms with Gasteiger partial charge >= 0.3 is 6.01 Å². The highest BCUT2D eigenvalue weighted by molar-refractivity contribution is 6.00. The van der Waals surface area contributed by atoms with Crippen LogP contribution in [-0.2, 0) is 20.9 Å². The minimum atomic E-state index is -0.853. The fourth-order valence-electron chi connectivity index (χ4n) is 9.53. The zero-order valence-corrected chi connectivity index (χ0v) is 34.1. The predicted molar refractivity (Wildman–Crippen MR) is 219 cm³/mol. The van der Waals surface area contributed by atoms with Crippen LogP contribution in [0.5, 0.6) is 6.01 Å². The maximum absolute atomic E-state index is 15.5. The monoisotopic (exact) mass is 846 g/mol. The average Bonchev–Trinajstić information content (AvgIpc) is 3.55. The highest BCUT2D eigenvalue weighted by atomic mass is 19.1. The molecule has 6 aromatic rings. The molecule has 62 heavy (non-hydrogen) atoms. The molecular weight excluding hydrogens is 806 g/mol. The summed E-state index contributed by atoms with van der Waals surface area (Å²) in [5, 5.41) is 4.93. The molecule has 4 atom stereocenters. The standard InChI is InChI=1S/C43H41F3N12O4/c1-4-61-28-19-53(3)40(59)36-16-27(62-43-47-12-11-32(50-43)29-13-24(45)15-33-37(29)54(21-28)22(2)49-33)20-56(36)38-30-17-48-58(34-9-5-23(44)14-31(34)46)39(30)52-42(51-38)57-26-8-10-35(57)41(60)55(18-26)25-6-7-25/h5,9-15,17,25-28,36H,4,6-8,16,18-21H2,1-3H3/t26-,27-,28-,36-/m0/s1. The van der Waals surface area contributed by atoms with Crippen LogP contribution in [0.2, 0.25) is 0 Å². The fourth-order valence-corrected chi connectivity index (χ4v) is 9.53. The molecule has 0 unspecified atom stereocenters. The van der Waals surface area contributed by atoms with Crippen LogP contribution in [0.25, 0.3) is 39.0 Å². The summed E-state index contributed by atoms with van der Waals surface area (Å²) >= 11 is 0.